The molecule has 0 aliphatic rings. The molecule has 0 aliphatic carbocycles. The number of nitrogens with zero attached hydrogens (tertiary/aromatic N) is 2. The summed E-state index contributed by atoms with van der Waals surface area (Å²) >= 11 is 0. The second-order valence-electron chi connectivity index (χ2n) is 5.56. The highest BCUT2D eigenvalue weighted by Crippen LogP contribution is 2.22. The van der Waals surface area contributed by atoms with E-state index in [1.165, 1.54) is 0 Å². The average Bonchev–Trinajstić information content (AvgIpc) is 2.74. The van der Waals surface area contributed by atoms with Gasteiger partial charge in [-0.2, -0.15) is 5.10 Å². The summed E-state index contributed by atoms with van der Waals surface area (Å²) in [7, 11) is -0.336. The van der Waals surface area contributed by atoms with Gasteiger partial charge in [-0.3, -0.25) is 4.68 Å². The van der Waals surface area contributed by atoms with Crippen molar-refractivity contribution in [2.45, 2.75) is 31.8 Å². The minimum Gasteiger partial charge on any atom is -0.375 e. The van der Waals surface area contributed by atoms with Crippen LogP contribution in [0.25, 0.3) is 0 Å². The Kier molecular flexibility index (Phi) is 5.23. The molecule has 0 fully saturated rings. The third kappa shape index (κ3) is 3.63. The number of ether oxygens (including phenoxy) is 1. The second kappa shape index (κ2) is 6.82. The molecule has 7 heteroatoms. The molecule has 2 rings (SSSR count). The highest BCUT2D eigenvalue weighted by atomic mass is 32.2. The predicted molar refractivity (Wildman–Crippen MR) is 88.8 cm³/mol. The third-order valence-electron chi connectivity index (χ3n) is 3.99. The number of aromatic nitrogens is 2. The van der Waals surface area contributed by atoms with Crippen LogP contribution in [0, 0.1) is 20.8 Å². The van der Waals surface area contributed by atoms with Crippen molar-refractivity contribution in [1.82, 2.24) is 14.5 Å². The van der Waals surface area contributed by atoms with E-state index in [-0.39, 0.29) is 17.5 Å². The predicted octanol–water partition coefficient (Wildman–Crippen LogP) is 2.01. The van der Waals surface area contributed by atoms with Gasteiger partial charge in [-0.15, -0.1) is 0 Å². The van der Waals surface area contributed by atoms with Crippen LogP contribution in [0.15, 0.2) is 29.2 Å². The Morgan fingerprint density at radius 1 is 1.26 bits per heavy atom. The smallest absolute Gasteiger partial charge is 0.244 e. The molecule has 6 nitrogen and oxygen atoms in total. The van der Waals surface area contributed by atoms with Crippen LogP contribution in [0.1, 0.15) is 28.6 Å². The molecule has 1 N–H and O–H groups in total. The quantitative estimate of drug-likeness (QED) is 0.875. The molecular formula is C16H23N3O3S. The van der Waals surface area contributed by atoms with E-state index in [0.29, 0.717) is 11.4 Å². The first-order chi connectivity index (χ1) is 10.8. The van der Waals surface area contributed by atoms with Crippen molar-refractivity contribution >= 4 is 10.0 Å². The monoisotopic (exact) mass is 337 g/mol. The lowest BCUT2D eigenvalue weighted by atomic mass is 10.0. The zero-order valence-corrected chi connectivity index (χ0v) is 14.9. The van der Waals surface area contributed by atoms with Crippen molar-refractivity contribution in [2.24, 2.45) is 7.05 Å². The number of sulfonamides is 1. The van der Waals surface area contributed by atoms with Crippen molar-refractivity contribution in [2.75, 3.05) is 13.7 Å². The van der Waals surface area contributed by atoms with Gasteiger partial charge in [0.05, 0.1) is 17.5 Å². The molecule has 0 aliphatic heterocycles. The van der Waals surface area contributed by atoms with E-state index in [9.17, 15) is 8.42 Å². The maximum Gasteiger partial charge on any atom is 0.244 e. The standard InChI is InChI=1S/C16H23N3O3S/c1-11-8-6-7-9-14(11)15(22-5)10-17-23(20,21)16-12(2)18-19(4)13(16)3/h6-9,15,17H,10H2,1-5H3/t15-/m0/s1. The van der Waals surface area contributed by atoms with Crippen LogP contribution in [0.5, 0.6) is 0 Å². The summed E-state index contributed by atoms with van der Waals surface area (Å²) in [6.07, 6.45) is -0.344. The van der Waals surface area contributed by atoms with Crippen LogP contribution in [-0.4, -0.2) is 31.9 Å². The number of benzene rings is 1. The highest BCUT2D eigenvalue weighted by molar-refractivity contribution is 7.89. The molecule has 1 aromatic heterocycles. The van der Waals surface area contributed by atoms with Crippen LogP contribution < -0.4 is 4.72 Å². The van der Waals surface area contributed by atoms with Gasteiger partial charge in [0.2, 0.25) is 10.0 Å². The van der Waals surface area contributed by atoms with Gasteiger partial charge in [-0.1, -0.05) is 24.3 Å². The topological polar surface area (TPSA) is 73.2 Å². The van der Waals surface area contributed by atoms with Gasteiger partial charge >= 0.3 is 0 Å². The zero-order chi connectivity index (χ0) is 17.2. The fraction of sp³-hybridized carbons (Fsp3) is 0.438. The van der Waals surface area contributed by atoms with Gasteiger partial charge in [0.25, 0.3) is 0 Å². The van der Waals surface area contributed by atoms with Crippen molar-refractivity contribution in [1.29, 1.82) is 0 Å². The number of hydrogen-bond acceptors (Lipinski definition) is 4. The summed E-state index contributed by atoms with van der Waals surface area (Å²) in [5.74, 6) is 0. The summed E-state index contributed by atoms with van der Waals surface area (Å²) in [4.78, 5) is 0.236. The minimum atomic E-state index is -3.64. The number of hydrogen-bond donors (Lipinski definition) is 1. The molecule has 0 amide bonds. The lowest BCUT2D eigenvalue weighted by Gasteiger charge is -2.18. The average molecular weight is 337 g/mol. The van der Waals surface area contributed by atoms with E-state index in [4.69, 9.17) is 4.74 Å². The van der Waals surface area contributed by atoms with Crippen molar-refractivity contribution in [3.8, 4) is 0 Å². The zero-order valence-electron chi connectivity index (χ0n) is 14.1. The molecule has 23 heavy (non-hydrogen) atoms. The number of rotatable bonds is 6. The Hall–Kier alpha value is -1.70. The van der Waals surface area contributed by atoms with Crippen molar-refractivity contribution in [3.05, 3.63) is 46.8 Å². The first-order valence-electron chi connectivity index (χ1n) is 7.36. The fourth-order valence-corrected chi connectivity index (χ4v) is 4.13. The summed E-state index contributed by atoms with van der Waals surface area (Å²) in [6, 6.07) is 7.78. The first-order valence-corrected chi connectivity index (χ1v) is 8.84. The third-order valence-corrected chi connectivity index (χ3v) is 5.66. The molecule has 0 unspecified atom stereocenters. The molecule has 0 saturated heterocycles. The molecule has 1 heterocycles. The van der Waals surface area contributed by atoms with Crippen molar-refractivity contribution in [3.63, 3.8) is 0 Å². The Morgan fingerprint density at radius 3 is 2.43 bits per heavy atom. The van der Waals surface area contributed by atoms with Gasteiger partial charge < -0.3 is 4.74 Å². The summed E-state index contributed by atoms with van der Waals surface area (Å²) in [6.45, 7) is 5.57. The minimum absolute atomic E-state index is 0.164. The fourth-order valence-electron chi connectivity index (χ4n) is 2.67. The molecule has 2 aromatic rings. The van der Waals surface area contributed by atoms with Crippen LogP contribution in [0.3, 0.4) is 0 Å². The van der Waals surface area contributed by atoms with Crippen molar-refractivity contribution < 1.29 is 13.2 Å². The largest absolute Gasteiger partial charge is 0.375 e. The van der Waals surface area contributed by atoms with Gasteiger partial charge in [0.15, 0.2) is 0 Å². The van der Waals surface area contributed by atoms with E-state index in [2.05, 4.69) is 9.82 Å². The SMILES string of the molecule is CO[C@@H](CNS(=O)(=O)c1c(C)nn(C)c1C)c1ccccc1C. The van der Waals surface area contributed by atoms with E-state index < -0.39 is 10.0 Å². The van der Waals surface area contributed by atoms with Crippen LogP contribution in [0.2, 0.25) is 0 Å². The highest BCUT2D eigenvalue weighted by Gasteiger charge is 2.25. The van der Waals surface area contributed by atoms with E-state index in [1.54, 1.807) is 32.7 Å². The second-order valence-corrected chi connectivity index (χ2v) is 7.26. The maximum atomic E-state index is 12.6. The molecule has 1 atom stereocenters. The lowest BCUT2D eigenvalue weighted by molar-refractivity contribution is 0.107. The van der Waals surface area contributed by atoms with Gasteiger partial charge in [-0.05, 0) is 31.9 Å². The summed E-state index contributed by atoms with van der Waals surface area (Å²) in [5, 5.41) is 4.16. The first kappa shape index (κ1) is 17.7. The number of nitrogens with one attached hydrogen (secondary N) is 1. The Bertz CT molecular complexity index is 797. The summed E-state index contributed by atoms with van der Waals surface area (Å²) in [5.41, 5.74) is 3.13. The van der Waals surface area contributed by atoms with E-state index in [0.717, 1.165) is 11.1 Å². The lowest BCUT2D eigenvalue weighted by Crippen LogP contribution is -2.30. The maximum absolute atomic E-state index is 12.6. The van der Waals surface area contributed by atoms with E-state index in [1.807, 2.05) is 31.2 Å². The Balaban J connectivity index is 2.23. The van der Waals surface area contributed by atoms with Gasteiger partial charge in [0, 0.05) is 20.7 Å². The molecule has 0 spiro atoms. The molecular weight excluding hydrogens is 314 g/mol. The number of aryl methyl sites for hydroxylation is 3. The normalized spacial score (nSPS) is 13.3. The molecule has 0 bridgehead atoms. The molecule has 0 saturated carbocycles. The molecule has 126 valence electrons. The van der Waals surface area contributed by atoms with Crippen LogP contribution >= 0.6 is 0 Å². The number of methoxy groups -OCH3 is 1. The molecule has 0 radical (unpaired) electrons. The summed E-state index contributed by atoms with van der Waals surface area (Å²) < 4.78 is 34.9. The van der Waals surface area contributed by atoms with E-state index >= 15 is 0 Å². The van der Waals surface area contributed by atoms with Gasteiger partial charge in [-0.25, -0.2) is 13.1 Å². The van der Waals surface area contributed by atoms with Crippen LogP contribution in [0.4, 0.5) is 0 Å². The Morgan fingerprint density at radius 2 is 1.91 bits per heavy atom. The van der Waals surface area contributed by atoms with Crippen LogP contribution in [-0.2, 0) is 21.8 Å². The Labute approximate surface area is 137 Å². The van der Waals surface area contributed by atoms with Gasteiger partial charge in [0.1, 0.15) is 4.90 Å². The molecule has 1 aromatic carbocycles.